The minimum atomic E-state index is -0.0925. The van der Waals surface area contributed by atoms with Crippen molar-refractivity contribution in [2.24, 2.45) is 5.92 Å². The lowest BCUT2D eigenvalue weighted by atomic mass is 10.0. The Hall–Kier alpha value is -1.93. The number of anilines is 1. The molecule has 0 saturated heterocycles. The van der Waals surface area contributed by atoms with E-state index in [1.165, 1.54) is 5.56 Å². The average Bonchev–Trinajstić information content (AvgIpc) is 2.55. The zero-order valence-corrected chi connectivity index (χ0v) is 15.8. The first-order valence-electron chi connectivity index (χ1n) is 7.57. The van der Waals surface area contributed by atoms with Crippen molar-refractivity contribution in [3.05, 3.63) is 53.4 Å². The molecule has 1 aromatic rings. The number of hydrogen-bond donors (Lipinski definition) is 1. The molecule has 0 amide bonds. The first-order valence-corrected chi connectivity index (χ1v) is 8.37. The lowest BCUT2D eigenvalue weighted by Crippen LogP contribution is -2.34. The third-order valence-electron chi connectivity index (χ3n) is 3.82. The molecule has 124 valence electrons. The molecule has 1 rings (SSSR count). The van der Waals surface area contributed by atoms with E-state index in [-0.39, 0.29) is 12.0 Å². The van der Waals surface area contributed by atoms with Crippen molar-refractivity contribution in [3.63, 3.8) is 0 Å². The van der Waals surface area contributed by atoms with Gasteiger partial charge in [0.25, 0.3) is 0 Å². The molecule has 0 heterocycles. The molecule has 0 spiro atoms. The van der Waals surface area contributed by atoms with Crippen molar-refractivity contribution < 1.29 is 0 Å². The fourth-order valence-electron chi connectivity index (χ4n) is 2.20. The second kappa shape index (κ2) is 9.26. The van der Waals surface area contributed by atoms with Crippen molar-refractivity contribution in [1.29, 1.82) is 5.26 Å². The van der Waals surface area contributed by atoms with Crippen molar-refractivity contribution in [2.75, 3.05) is 19.0 Å². The molecule has 4 nitrogen and oxygen atoms in total. The number of rotatable bonds is 8. The topological polar surface area (TPSA) is 42.3 Å². The highest BCUT2D eigenvalue weighted by atomic mass is 79.9. The van der Waals surface area contributed by atoms with Crippen LogP contribution >= 0.6 is 15.9 Å². The van der Waals surface area contributed by atoms with Crippen molar-refractivity contribution in [1.82, 2.24) is 10.2 Å². The molecule has 0 aliphatic heterocycles. The van der Waals surface area contributed by atoms with Crippen LogP contribution in [0.25, 0.3) is 0 Å². The quantitative estimate of drug-likeness (QED) is 0.742. The minimum absolute atomic E-state index is 0.0542. The summed E-state index contributed by atoms with van der Waals surface area (Å²) in [6.45, 7) is 8.57. The molecule has 23 heavy (non-hydrogen) atoms. The van der Waals surface area contributed by atoms with Crippen LogP contribution in [0.2, 0.25) is 0 Å². The van der Waals surface area contributed by atoms with Gasteiger partial charge in [-0.3, -0.25) is 0 Å². The SMILES string of the molecule is C=CN(C)Cc1cc(Br)ccc1N(/C=C\NC)[C@@H](C)C(C)C#N. The number of nitriles is 1. The van der Waals surface area contributed by atoms with E-state index in [1.54, 1.807) is 6.20 Å². The standard InChI is InChI=1S/C18H25BrN4/c1-6-22(5)13-16-11-17(19)7-8-18(16)23(10-9-21-4)15(3)14(2)12-20/h6-11,14-15,21H,1,13H2,2-5H3/b10-9-/t14?,15-/m0/s1. The first-order chi connectivity index (χ1) is 10.9. The van der Waals surface area contributed by atoms with Gasteiger partial charge in [0, 0.05) is 49.2 Å². The van der Waals surface area contributed by atoms with E-state index >= 15 is 0 Å². The van der Waals surface area contributed by atoms with Gasteiger partial charge in [-0.1, -0.05) is 22.5 Å². The van der Waals surface area contributed by atoms with Crippen LogP contribution in [0.5, 0.6) is 0 Å². The molecule has 0 bridgehead atoms. The van der Waals surface area contributed by atoms with E-state index in [0.29, 0.717) is 0 Å². The van der Waals surface area contributed by atoms with Gasteiger partial charge >= 0.3 is 0 Å². The molecule has 0 saturated carbocycles. The lowest BCUT2D eigenvalue weighted by Gasteiger charge is -2.32. The molecule has 1 unspecified atom stereocenters. The molecule has 0 aliphatic rings. The Morgan fingerprint density at radius 3 is 2.70 bits per heavy atom. The highest BCUT2D eigenvalue weighted by molar-refractivity contribution is 9.10. The van der Waals surface area contributed by atoms with Crippen LogP contribution in [0.3, 0.4) is 0 Å². The molecular formula is C18H25BrN4. The molecular weight excluding hydrogens is 352 g/mol. The van der Waals surface area contributed by atoms with E-state index in [9.17, 15) is 5.26 Å². The number of hydrogen-bond acceptors (Lipinski definition) is 4. The van der Waals surface area contributed by atoms with E-state index < -0.39 is 0 Å². The fraction of sp³-hybridized carbons (Fsp3) is 0.389. The van der Waals surface area contributed by atoms with Crippen LogP contribution in [0, 0.1) is 17.2 Å². The lowest BCUT2D eigenvalue weighted by molar-refractivity contribution is 0.451. The van der Waals surface area contributed by atoms with Gasteiger partial charge in [0.15, 0.2) is 0 Å². The monoisotopic (exact) mass is 376 g/mol. The van der Waals surface area contributed by atoms with Gasteiger partial charge in [-0.05, 0) is 43.8 Å². The normalized spacial score (nSPS) is 13.2. The summed E-state index contributed by atoms with van der Waals surface area (Å²) in [5.41, 5.74) is 2.25. The average molecular weight is 377 g/mol. The first kappa shape index (κ1) is 19.1. The smallest absolute Gasteiger partial charge is 0.0674 e. The number of halogens is 1. The summed E-state index contributed by atoms with van der Waals surface area (Å²) in [6, 6.07) is 8.61. The van der Waals surface area contributed by atoms with Crippen molar-refractivity contribution >= 4 is 21.6 Å². The summed E-state index contributed by atoms with van der Waals surface area (Å²) in [5.74, 6) is -0.0925. The van der Waals surface area contributed by atoms with Crippen molar-refractivity contribution in [2.45, 2.75) is 26.4 Å². The molecule has 1 N–H and O–H groups in total. The molecule has 0 aliphatic carbocycles. The van der Waals surface area contributed by atoms with Crippen LogP contribution in [0.1, 0.15) is 19.4 Å². The Labute approximate surface area is 148 Å². The Bertz CT molecular complexity index is 591. The van der Waals surface area contributed by atoms with Crippen LogP contribution in [0.4, 0.5) is 5.69 Å². The van der Waals surface area contributed by atoms with Crippen LogP contribution in [-0.4, -0.2) is 25.0 Å². The van der Waals surface area contributed by atoms with Crippen LogP contribution in [0.15, 0.2) is 47.9 Å². The summed E-state index contributed by atoms with van der Waals surface area (Å²) in [7, 11) is 3.86. The van der Waals surface area contributed by atoms with Crippen LogP contribution in [-0.2, 0) is 6.54 Å². The Kier molecular flexibility index (Phi) is 7.70. The molecule has 0 fully saturated rings. The third kappa shape index (κ3) is 5.33. The summed E-state index contributed by atoms with van der Waals surface area (Å²) >= 11 is 3.54. The third-order valence-corrected chi connectivity index (χ3v) is 4.31. The summed E-state index contributed by atoms with van der Waals surface area (Å²) in [6.07, 6.45) is 5.67. The zero-order chi connectivity index (χ0) is 17.4. The maximum atomic E-state index is 9.28. The second-order valence-corrected chi connectivity index (χ2v) is 6.46. The summed E-state index contributed by atoms with van der Waals surface area (Å²) in [5, 5.41) is 12.3. The largest absolute Gasteiger partial charge is 0.393 e. The van der Waals surface area contributed by atoms with E-state index in [1.807, 2.05) is 44.4 Å². The zero-order valence-electron chi connectivity index (χ0n) is 14.3. The predicted molar refractivity (Wildman–Crippen MR) is 101 cm³/mol. The second-order valence-electron chi connectivity index (χ2n) is 5.54. The number of benzene rings is 1. The van der Waals surface area contributed by atoms with Gasteiger partial charge in [-0.15, -0.1) is 0 Å². The number of nitrogens with zero attached hydrogens (tertiary/aromatic N) is 3. The molecule has 0 aromatic heterocycles. The Balaban J connectivity index is 3.31. The van der Waals surface area contributed by atoms with Gasteiger partial charge in [-0.2, -0.15) is 5.26 Å². The number of nitrogens with one attached hydrogen (secondary N) is 1. The Morgan fingerprint density at radius 2 is 2.13 bits per heavy atom. The van der Waals surface area contributed by atoms with E-state index in [0.717, 1.165) is 16.7 Å². The predicted octanol–water partition coefficient (Wildman–Crippen LogP) is 4.07. The highest BCUT2D eigenvalue weighted by Crippen LogP contribution is 2.29. The van der Waals surface area contributed by atoms with Gasteiger partial charge < -0.3 is 15.1 Å². The molecule has 5 heteroatoms. The highest BCUT2D eigenvalue weighted by Gasteiger charge is 2.21. The Morgan fingerprint density at radius 1 is 1.43 bits per heavy atom. The van der Waals surface area contributed by atoms with E-state index in [2.05, 4.69) is 57.9 Å². The van der Waals surface area contributed by atoms with Gasteiger partial charge in [-0.25, -0.2) is 0 Å². The van der Waals surface area contributed by atoms with Crippen LogP contribution < -0.4 is 10.2 Å². The molecule has 2 atom stereocenters. The molecule has 0 radical (unpaired) electrons. The fourth-order valence-corrected chi connectivity index (χ4v) is 2.61. The van der Waals surface area contributed by atoms with Gasteiger partial charge in [0.05, 0.1) is 12.0 Å². The summed E-state index contributed by atoms with van der Waals surface area (Å²) in [4.78, 5) is 4.17. The minimum Gasteiger partial charge on any atom is -0.393 e. The van der Waals surface area contributed by atoms with Crippen molar-refractivity contribution in [3.8, 4) is 6.07 Å². The summed E-state index contributed by atoms with van der Waals surface area (Å²) < 4.78 is 1.03. The molecule has 1 aromatic carbocycles. The van der Waals surface area contributed by atoms with Gasteiger partial charge in [0.1, 0.15) is 0 Å². The van der Waals surface area contributed by atoms with Gasteiger partial charge in [0.2, 0.25) is 0 Å². The maximum absolute atomic E-state index is 9.28. The van der Waals surface area contributed by atoms with E-state index in [4.69, 9.17) is 0 Å². The maximum Gasteiger partial charge on any atom is 0.0674 e.